The van der Waals surface area contributed by atoms with Gasteiger partial charge < -0.3 is 29.4 Å². The third kappa shape index (κ3) is 5.08. The SMILES string of the molecule is CCNCCOc1cccc(CN(C)c2nc(=O)c3c(C)c(OC)c(OC)cc3[nH]2)c1. The summed E-state index contributed by atoms with van der Waals surface area (Å²) in [6.07, 6.45) is 0. The second-order valence-corrected chi connectivity index (χ2v) is 7.23. The first-order chi connectivity index (χ1) is 15.0. The quantitative estimate of drug-likeness (QED) is 0.482. The number of fused-ring (bicyclic) bond motifs is 1. The van der Waals surface area contributed by atoms with Crippen molar-refractivity contribution in [1.29, 1.82) is 0 Å². The van der Waals surface area contributed by atoms with Crippen molar-refractivity contribution in [2.24, 2.45) is 0 Å². The van der Waals surface area contributed by atoms with Crippen LogP contribution in [0.2, 0.25) is 0 Å². The first-order valence-corrected chi connectivity index (χ1v) is 10.3. The molecule has 0 fully saturated rings. The average molecular weight is 427 g/mol. The largest absolute Gasteiger partial charge is 0.493 e. The van der Waals surface area contributed by atoms with Crippen LogP contribution < -0.4 is 30.0 Å². The predicted octanol–water partition coefficient (Wildman–Crippen LogP) is 2.87. The van der Waals surface area contributed by atoms with E-state index in [-0.39, 0.29) is 5.56 Å². The van der Waals surface area contributed by atoms with Crippen LogP contribution in [0.15, 0.2) is 35.1 Å². The van der Waals surface area contributed by atoms with Crippen LogP contribution in [0.25, 0.3) is 10.9 Å². The Balaban J connectivity index is 1.84. The van der Waals surface area contributed by atoms with E-state index in [1.54, 1.807) is 20.3 Å². The highest BCUT2D eigenvalue weighted by molar-refractivity contribution is 5.86. The van der Waals surface area contributed by atoms with E-state index < -0.39 is 0 Å². The standard InChI is InChI=1S/C23H30N4O4/c1-6-24-10-11-31-17-9-7-8-16(12-17)14-27(3)23-25-18-13-19(29-4)21(30-5)15(2)20(18)22(28)26-23/h7-9,12-13,24H,6,10-11,14H2,1-5H3,(H,25,26,28). The second kappa shape index (κ2) is 10.2. The number of anilines is 1. The Bertz CT molecular complexity index is 1100. The van der Waals surface area contributed by atoms with Crippen molar-refractivity contribution in [3.8, 4) is 17.2 Å². The zero-order valence-corrected chi connectivity index (χ0v) is 18.7. The van der Waals surface area contributed by atoms with Gasteiger partial charge in [0.1, 0.15) is 12.4 Å². The number of aromatic nitrogens is 2. The lowest BCUT2D eigenvalue weighted by atomic mass is 10.1. The maximum absolute atomic E-state index is 12.8. The third-order valence-electron chi connectivity index (χ3n) is 5.05. The van der Waals surface area contributed by atoms with E-state index in [9.17, 15) is 4.79 Å². The van der Waals surface area contributed by atoms with Crippen LogP contribution in [0, 0.1) is 6.92 Å². The number of benzene rings is 2. The number of rotatable bonds is 10. The summed E-state index contributed by atoms with van der Waals surface area (Å²) in [5, 5.41) is 3.73. The number of likely N-dealkylation sites (N-methyl/N-ethyl adjacent to an activating group) is 1. The predicted molar refractivity (Wildman–Crippen MR) is 123 cm³/mol. The fourth-order valence-corrected chi connectivity index (χ4v) is 3.53. The molecule has 2 aromatic carbocycles. The minimum atomic E-state index is -0.311. The summed E-state index contributed by atoms with van der Waals surface area (Å²) in [7, 11) is 5.01. The Morgan fingerprint density at radius 1 is 1.19 bits per heavy atom. The van der Waals surface area contributed by atoms with Gasteiger partial charge in [-0.05, 0) is 31.2 Å². The molecule has 0 aliphatic carbocycles. The molecule has 0 saturated heterocycles. The summed E-state index contributed by atoms with van der Waals surface area (Å²) in [6, 6.07) is 9.68. The van der Waals surface area contributed by atoms with Gasteiger partial charge in [-0.3, -0.25) is 4.79 Å². The molecule has 8 heteroatoms. The van der Waals surface area contributed by atoms with E-state index in [2.05, 4.69) is 22.2 Å². The smallest absolute Gasteiger partial charge is 0.282 e. The Labute approximate surface area is 182 Å². The zero-order valence-electron chi connectivity index (χ0n) is 18.7. The number of aromatic amines is 1. The molecule has 1 aromatic heterocycles. The molecular weight excluding hydrogens is 396 g/mol. The summed E-state index contributed by atoms with van der Waals surface area (Å²) < 4.78 is 16.6. The van der Waals surface area contributed by atoms with E-state index in [0.29, 0.717) is 47.1 Å². The first kappa shape index (κ1) is 22.4. The lowest BCUT2D eigenvalue weighted by molar-refractivity contribution is 0.315. The van der Waals surface area contributed by atoms with Gasteiger partial charge in [-0.1, -0.05) is 19.1 Å². The van der Waals surface area contributed by atoms with Gasteiger partial charge in [-0.2, -0.15) is 4.98 Å². The lowest BCUT2D eigenvalue weighted by Gasteiger charge is -2.19. The average Bonchev–Trinajstić information content (AvgIpc) is 2.76. The number of methoxy groups -OCH3 is 2. The molecule has 166 valence electrons. The zero-order chi connectivity index (χ0) is 22.4. The molecule has 0 unspecified atom stereocenters. The molecule has 8 nitrogen and oxygen atoms in total. The summed E-state index contributed by atoms with van der Waals surface area (Å²) in [6.45, 7) is 6.78. The van der Waals surface area contributed by atoms with Crippen LogP contribution in [0.4, 0.5) is 5.95 Å². The van der Waals surface area contributed by atoms with Gasteiger partial charge >= 0.3 is 0 Å². The summed E-state index contributed by atoms with van der Waals surface area (Å²) >= 11 is 0. The van der Waals surface area contributed by atoms with E-state index in [4.69, 9.17) is 14.2 Å². The van der Waals surface area contributed by atoms with Gasteiger partial charge in [-0.15, -0.1) is 0 Å². The van der Waals surface area contributed by atoms with E-state index in [1.165, 1.54) is 0 Å². The van der Waals surface area contributed by atoms with Gasteiger partial charge in [-0.25, -0.2) is 0 Å². The first-order valence-electron chi connectivity index (χ1n) is 10.3. The summed E-state index contributed by atoms with van der Waals surface area (Å²) in [4.78, 5) is 22.2. The van der Waals surface area contributed by atoms with Gasteiger partial charge in [0, 0.05) is 31.8 Å². The molecule has 2 N–H and O–H groups in total. The molecule has 3 rings (SSSR count). The number of nitrogens with zero attached hydrogens (tertiary/aromatic N) is 2. The Morgan fingerprint density at radius 3 is 2.71 bits per heavy atom. The van der Waals surface area contributed by atoms with Gasteiger partial charge in [0.15, 0.2) is 11.5 Å². The van der Waals surface area contributed by atoms with Crippen molar-refractivity contribution >= 4 is 16.9 Å². The van der Waals surface area contributed by atoms with Crippen LogP contribution >= 0.6 is 0 Å². The van der Waals surface area contributed by atoms with Crippen molar-refractivity contribution in [3.63, 3.8) is 0 Å². The van der Waals surface area contributed by atoms with Crippen LogP contribution in [0.3, 0.4) is 0 Å². The number of nitrogens with one attached hydrogen (secondary N) is 2. The van der Waals surface area contributed by atoms with Crippen molar-refractivity contribution in [3.05, 3.63) is 51.8 Å². The monoisotopic (exact) mass is 426 g/mol. The maximum Gasteiger partial charge on any atom is 0.282 e. The lowest BCUT2D eigenvalue weighted by Crippen LogP contribution is -2.23. The van der Waals surface area contributed by atoms with Crippen LogP contribution in [-0.2, 0) is 6.54 Å². The topological polar surface area (TPSA) is 88.7 Å². The van der Waals surface area contributed by atoms with Crippen LogP contribution in [0.5, 0.6) is 17.2 Å². The van der Waals surface area contributed by atoms with Crippen LogP contribution in [-0.4, -0.2) is 50.9 Å². The molecule has 0 aliphatic heterocycles. The van der Waals surface area contributed by atoms with Gasteiger partial charge in [0.25, 0.3) is 5.56 Å². The molecule has 0 radical (unpaired) electrons. The Morgan fingerprint density at radius 2 is 2.00 bits per heavy atom. The van der Waals surface area contributed by atoms with E-state index >= 15 is 0 Å². The minimum Gasteiger partial charge on any atom is -0.493 e. The molecule has 0 bridgehead atoms. The Hall–Kier alpha value is -3.26. The molecule has 31 heavy (non-hydrogen) atoms. The molecule has 0 amide bonds. The number of hydrogen-bond donors (Lipinski definition) is 2. The molecule has 3 aromatic rings. The van der Waals surface area contributed by atoms with Gasteiger partial charge in [0.2, 0.25) is 5.95 Å². The highest BCUT2D eigenvalue weighted by Gasteiger charge is 2.17. The second-order valence-electron chi connectivity index (χ2n) is 7.23. The number of aryl methyl sites for hydroxylation is 1. The van der Waals surface area contributed by atoms with Crippen molar-refractivity contribution in [2.75, 3.05) is 45.9 Å². The molecule has 0 atom stereocenters. The van der Waals surface area contributed by atoms with Crippen molar-refractivity contribution in [2.45, 2.75) is 20.4 Å². The molecule has 1 heterocycles. The number of H-pyrrole nitrogens is 1. The normalized spacial score (nSPS) is 10.9. The van der Waals surface area contributed by atoms with E-state index in [1.807, 2.05) is 43.1 Å². The molecule has 0 saturated carbocycles. The summed E-state index contributed by atoms with van der Waals surface area (Å²) in [5.41, 5.74) is 2.09. The minimum absolute atomic E-state index is 0.311. The van der Waals surface area contributed by atoms with Crippen molar-refractivity contribution < 1.29 is 14.2 Å². The van der Waals surface area contributed by atoms with E-state index in [0.717, 1.165) is 24.4 Å². The van der Waals surface area contributed by atoms with Crippen molar-refractivity contribution in [1.82, 2.24) is 15.3 Å². The van der Waals surface area contributed by atoms with Gasteiger partial charge in [0.05, 0.1) is 25.1 Å². The van der Waals surface area contributed by atoms with Crippen LogP contribution in [0.1, 0.15) is 18.1 Å². The Kier molecular flexibility index (Phi) is 7.36. The fourth-order valence-electron chi connectivity index (χ4n) is 3.53. The number of hydrogen-bond acceptors (Lipinski definition) is 7. The third-order valence-corrected chi connectivity index (χ3v) is 5.05. The maximum atomic E-state index is 12.8. The highest BCUT2D eigenvalue weighted by atomic mass is 16.5. The molecule has 0 spiro atoms. The highest BCUT2D eigenvalue weighted by Crippen LogP contribution is 2.35. The summed E-state index contributed by atoms with van der Waals surface area (Å²) in [5.74, 6) is 2.39. The molecule has 0 aliphatic rings. The molecular formula is C23H30N4O4. The fraction of sp³-hybridized carbons (Fsp3) is 0.391. The number of ether oxygens (including phenoxy) is 3.